The molecule has 1 aromatic heterocycles. The van der Waals surface area contributed by atoms with Crippen molar-refractivity contribution in [3.63, 3.8) is 0 Å². The van der Waals surface area contributed by atoms with Gasteiger partial charge in [0.05, 0.1) is 0 Å². The number of carbonyl (C=O) groups is 1. The van der Waals surface area contributed by atoms with Crippen LogP contribution in [0.15, 0.2) is 41.4 Å². The number of nitrogens with one attached hydrogen (secondary N) is 2. The topological polar surface area (TPSA) is 80.2 Å². The van der Waals surface area contributed by atoms with Crippen molar-refractivity contribution in [1.82, 2.24) is 9.88 Å². The molecule has 6 nitrogen and oxygen atoms in total. The standard InChI is InChI=1S/C16H19N3O3S/c1-2-12-5-3-6-13(9-12)18-23(21,22)14-10-15-16(20)17-7-4-8-19(15)11-14/h3,5-6,9-11,18H,2,4,7-8H2,1H3,(H,17,20). The molecule has 0 aliphatic carbocycles. The summed E-state index contributed by atoms with van der Waals surface area (Å²) in [6.07, 6.45) is 3.13. The van der Waals surface area contributed by atoms with E-state index in [0.717, 1.165) is 18.4 Å². The number of aromatic nitrogens is 1. The summed E-state index contributed by atoms with van der Waals surface area (Å²) in [6, 6.07) is 8.71. The van der Waals surface area contributed by atoms with E-state index in [9.17, 15) is 13.2 Å². The summed E-state index contributed by atoms with van der Waals surface area (Å²) in [4.78, 5) is 12.0. The minimum absolute atomic E-state index is 0.103. The number of sulfonamides is 1. The first-order valence-corrected chi connectivity index (χ1v) is 9.08. The largest absolute Gasteiger partial charge is 0.351 e. The Hall–Kier alpha value is -2.28. The molecule has 122 valence electrons. The molecule has 1 amide bonds. The van der Waals surface area contributed by atoms with Gasteiger partial charge in [-0.15, -0.1) is 0 Å². The highest BCUT2D eigenvalue weighted by atomic mass is 32.2. The Morgan fingerprint density at radius 2 is 2.13 bits per heavy atom. The van der Waals surface area contributed by atoms with Gasteiger partial charge in [-0.25, -0.2) is 8.42 Å². The lowest BCUT2D eigenvalue weighted by molar-refractivity contribution is 0.0951. The summed E-state index contributed by atoms with van der Waals surface area (Å²) in [7, 11) is -3.72. The number of hydrogen-bond acceptors (Lipinski definition) is 3. The molecule has 2 N–H and O–H groups in total. The van der Waals surface area contributed by atoms with Gasteiger partial charge in [-0.2, -0.15) is 0 Å². The maximum absolute atomic E-state index is 12.6. The highest BCUT2D eigenvalue weighted by Crippen LogP contribution is 2.21. The van der Waals surface area contributed by atoms with Crippen molar-refractivity contribution in [2.24, 2.45) is 0 Å². The molecule has 2 aromatic rings. The molecule has 0 radical (unpaired) electrons. The van der Waals surface area contributed by atoms with Crippen LogP contribution in [-0.2, 0) is 23.0 Å². The van der Waals surface area contributed by atoms with E-state index in [1.165, 1.54) is 12.3 Å². The van der Waals surface area contributed by atoms with Crippen LogP contribution in [0.1, 0.15) is 29.4 Å². The number of carbonyl (C=O) groups excluding carboxylic acids is 1. The van der Waals surface area contributed by atoms with Crippen LogP contribution in [0.4, 0.5) is 5.69 Å². The van der Waals surface area contributed by atoms with E-state index in [-0.39, 0.29) is 10.8 Å². The van der Waals surface area contributed by atoms with Crippen molar-refractivity contribution in [3.05, 3.63) is 47.8 Å². The molecule has 23 heavy (non-hydrogen) atoms. The van der Waals surface area contributed by atoms with E-state index in [1.54, 1.807) is 10.6 Å². The first kappa shape index (κ1) is 15.6. The summed E-state index contributed by atoms with van der Waals surface area (Å²) < 4.78 is 29.4. The van der Waals surface area contributed by atoms with Crippen molar-refractivity contribution in [2.75, 3.05) is 11.3 Å². The third-order valence-corrected chi connectivity index (χ3v) is 5.21. The fraction of sp³-hybridized carbons (Fsp3) is 0.312. The van der Waals surface area contributed by atoms with Crippen LogP contribution in [-0.4, -0.2) is 25.4 Å². The molecule has 0 saturated carbocycles. The van der Waals surface area contributed by atoms with Gasteiger partial charge in [0.1, 0.15) is 10.6 Å². The van der Waals surface area contributed by atoms with Gasteiger partial charge in [-0.3, -0.25) is 9.52 Å². The van der Waals surface area contributed by atoms with Gasteiger partial charge in [0.2, 0.25) is 0 Å². The maximum atomic E-state index is 12.6. The number of benzene rings is 1. The lowest BCUT2D eigenvalue weighted by atomic mass is 10.1. The second kappa shape index (κ2) is 6.08. The van der Waals surface area contributed by atoms with Gasteiger partial charge >= 0.3 is 0 Å². The number of hydrogen-bond donors (Lipinski definition) is 2. The first-order chi connectivity index (χ1) is 11.0. The average molecular weight is 333 g/mol. The molecule has 0 unspecified atom stereocenters. The van der Waals surface area contributed by atoms with Crippen molar-refractivity contribution in [2.45, 2.75) is 31.2 Å². The zero-order valence-electron chi connectivity index (χ0n) is 12.9. The Labute approximate surface area is 135 Å². The maximum Gasteiger partial charge on any atom is 0.267 e. The second-order valence-electron chi connectivity index (χ2n) is 5.52. The molecule has 3 rings (SSSR count). The Morgan fingerprint density at radius 1 is 1.30 bits per heavy atom. The summed E-state index contributed by atoms with van der Waals surface area (Å²) >= 11 is 0. The third kappa shape index (κ3) is 3.24. The van der Waals surface area contributed by atoms with Crippen LogP contribution in [0, 0.1) is 0 Å². The Balaban J connectivity index is 1.91. The first-order valence-electron chi connectivity index (χ1n) is 7.60. The van der Waals surface area contributed by atoms with E-state index in [1.807, 2.05) is 25.1 Å². The zero-order chi connectivity index (χ0) is 16.4. The Kier molecular flexibility index (Phi) is 4.12. The van der Waals surface area contributed by atoms with Crippen LogP contribution in [0.5, 0.6) is 0 Å². The lowest BCUT2D eigenvalue weighted by Crippen LogP contribution is -2.22. The van der Waals surface area contributed by atoms with E-state index in [0.29, 0.717) is 24.5 Å². The van der Waals surface area contributed by atoms with Crippen molar-refractivity contribution < 1.29 is 13.2 Å². The van der Waals surface area contributed by atoms with Crippen LogP contribution in [0.3, 0.4) is 0 Å². The normalized spacial score (nSPS) is 14.7. The van der Waals surface area contributed by atoms with Crippen molar-refractivity contribution >= 4 is 21.6 Å². The van der Waals surface area contributed by atoms with Gasteiger partial charge in [0.25, 0.3) is 15.9 Å². The fourth-order valence-electron chi connectivity index (χ4n) is 2.62. The molecule has 0 saturated heterocycles. The van der Waals surface area contributed by atoms with Crippen LogP contribution < -0.4 is 10.0 Å². The molecule has 1 aliphatic rings. The number of aryl methyl sites for hydroxylation is 2. The smallest absolute Gasteiger partial charge is 0.267 e. The molecular weight excluding hydrogens is 314 g/mol. The monoisotopic (exact) mass is 333 g/mol. The van der Waals surface area contributed by atoms with Crippen molar-refractivity contribution in [1.29, 1.82) is 0 Å². The summed E-state index contributed by atoms with van der Waals surface area (Å²) in [5, 5.41) is 2.76. The van der Waals surface area contributed by atoms with Gasteiger partial charge in [0, 0.05) is 25.0 Å². The summed E-state index contributed by atoms with van der Waals surface area (Å²) in [5.74, 6) is -0.239. The molecule has 1 aliphatic heterocycles. The molecular formula is C16H19N3O3S. The predicted octanol–water partition coefficient (Wildman–Crippen LogP) is 1.98. The minimum atomic E-state index is -3.72. The van der Waals surface area contributed by atoms with Gasteiger partial charge in [0.15, 0.2) is 0 Å². The highest BCUT2D eigenvalue weighted by molar-refractivity contribution is 7.92. The quantitative estimate of drug-likeness (QED) is 0.898. The molecule has 0 atom stereocenters. The third-order valence-electron chi connectivity index (χ3n) is 3.86. The zero-order valence-corrected chi connectivity index (χ0v) is 13.7. The molecule has 2 heterocycles. The van der Waals surface area contributed by atoms with E-state index >= 15 is 0 Å². The SMILES string of the molecule is CCc1cccc(NS(=O)(=O)c2cc3n(c2)CCCNC3=O)c1. The van der Waals surface area contributed by atoms with E-state index in [4.69, 9.17) is 0 Å². The second-order valence-corrected chi connectivity index (χ2v) is 7.21. The Morgan fingerprint density at radius 3 is 2.91 bits per heavy atom. The number of rotatable bonds is 4. The van der Waals surface area contributed by atoms with Crippen LogP contribution in [0.25, 0.3) is 0 Å². The molecule has 7 heteroatoms. The number of anilines is 1. The fourth-order valence-corrected chi connectivity index (χ4v) is 3.70. The number of nitrogens with zero attached hydrogens (tertiary/aromatic N) is 1. The molecule has 1 aromatic carbocycles. The molecule has 0 fully saturated rings. The van der Waals surface area contributed by atoms with Gasteiger partial charge < -0.3 is 9.88 Å². The van der Waals surface area contributed by atoms with E-state index < -0.39 is 10.0 Å². The average Bonchev–Trinajstić information content (AvgIpc) is 2.89. The summed E-state index contributed by atoms with van der Waals surface area (Å²) in [6.45, 7) is 3.23. The van der Waals surface area contributed by atoms with Gasteiger partial charge in [-0.05, 0) is 36.6 Å². The van der Waals surface area contributed by atoms with Crippen molar-refractivity contribution in [3.8, 4) is 0 Å². The molecule has 0 spiro atoms. The van der Waals surface area contributed by atoms with Crippen LogP contribution in [0.2, 0.25) is 0 Å². The molecule has 0 bridgehead atoms. The Bertz CT molecular complexity index is 840. The van der Waals surface area contributed by atoms with Crippen LogP contribution >= 0.6 is 0 Å². The highest BCUT2D eigenvalue weighted by Gasteiger charge is 2.23. The van der Waals surface area contributed by atoms with Gasteiger partial charge in [-0.1, -0.05) is 19.1 Å². The summed E-state index contributed by atoms with van der Waals surface area (Å²) in [5.41, 5.74) is 1.96. The van der Waals surface area contributed by atoms with E-state index in [2.05, 4.69) is 10.0 Å². The number of amides is 1. The minimum Gasteiger partial charge on any atom is -0.351 e. The predicted molar refractivity (Wildman–Crippen MR) is 88.0 cm³/mol. The number of fused-ring (bicyclic) bond motifs is 1. The lowest BCUT2D eigenvalue weighted by Gasteiger charge is -2.08.